The van der Waals surface area contributed by atoms with Gasteiger partial charge >= 0.3 is 0 Å². The molecule has 3 saturated heterocycles. The molecule has 4 bridgehead atoms. The summed E-state index contributed by atoms with van der Waals surface area (Å²) in [5.41, 5.74) is 10.8. The third-order valence-corrected chi connectivity index (χ3v) is 6.55. The van der Waals surface area contributed by atoms with Crippen LogP contribution in [0.2, 0.25) is 0 Å². The van der Waals surface area contributed by atoms with Crippen molar-refractivity contribution in [2.45, 2.75) is 76.3 Å². The molecule has 4 rings (SSSR count). The molecule has 6 unspecified atom stereocenters. The van der Waals surface area contributed by atoms with Crippen molar-refractivity contribution in [2.24, 2.45) is 11.8 Å². The Hall–Kier alpha value is -0.240. The fraction of sp³-hybridized carbons (Fsp3) is 1.00. The van der Waals surface area contributed by atoms with Crippen LogP contribution in [0.5, 0.6) is 0 Å². The molecule has 3 N–H and O–H groups in total. The maximum absolute atomic E-state index is 6.36. The van der Waals surface area contributed by atoms with Crippen LogP contribution >= 0.6 is 0 Å². The topological polar surface area (TPSA) is 57.8 Å². The number of ether oxygens (including phenoxy) is 2. The van der Waals surface area contributed by atoms with Crippen molar-refractivity contribution < 1.29 is 9.47 Å². The summed E-state index contributed by atoms with van der Waals surface area (Å²) in [6, 6.07) is 1.71. The van der Waals surface area contributed by atoms with Gasteiger partial charge in [-0.05, 0) is 51.9 Å². The van der Waals surface area contributed by atoms with E-state index in [4.69, 9.17) is 9.47 Å². The summed E-state index contributed by atoms with van der Waals surface area (Å²) >= 11 is 0. The lowest BCUT2D eigenvalue weighted by atomic mass is 9.76. The lowest BCUT2D eigenvalue weighted by Crippen LogP contribution is -2.43. The highest BCUT2D eigenvalue weighted by Crippen LogP contribution is 2.36. The van der Waals surface area contributed by atoms with Gasteiger partial charge in [0.05, 0.1) is 12.2 Å². The lowest BCUT2D eigenvalue weighted by Gasteiger charge is -2.35. The molecule has 4 aliphatic rings. The lowest BCUT2D eigenvalue weighted by molar-refractivity contribution is -0.0486. The zero-order valence-corrected chi connectivity index (χ0v) is 15.2. The van der Waals surface area contributed by atoms with E-state index >= 15 is 0 Å². The fourth-order valence-electron chi connectivity index (χ4n) is 4.99. The highest BCUT2D eigenvalue weighted by molar-refractivity contribution is 5.00. The SMILES string of the molecule is C[C@@H]1CCOCC[C@H](C)N2CC(CN2)C2NNC3CCC(CC32)O1. The predicted molar refractivity (Wildman–Crippen MR) is 93.2 cm³/mol. The number of nitrogens with zero attached hydrogens (tertiary/aromatic N) is 1. The van der Waals surface area contributed by atoms with Crippen molar-refractivity contribution in [1.29, 1.82) is 0 Å². The van der Waals surface area contributed by atoms with E-state index in [1.165, 1.54) is 19.3 Å². The van der Waals surface area contributed by atoms with Crippen molar-refractivity contribution in [3.8, 4) is 0 Å². The normalized spacial score (nSPS) is 50.2. The molecule has 3 heterocycles. The molecule has 4 fully saturated rings. The summed E-state index contributed by atoms with van der Waals surface area (Å²) in [6.07, 6.45) is 6.40. The Balaban J connectivity index is 1.47. The minimum atomic E-state index is 0.303. The van der Waals surface area contributed by atoms with E-state index < -0.39 is 0 Å². The molecule has 0 aromatic heterocycles. The Morgan fingerprint density at radius 1 is 1.00 bits per heavy atom. The highest BCUT2D eigenvalue weighted by Gasteiger charge is 2.45. The van der Waals surface area contributed by atoms with Crippen molar-refractivity contribution in [3.63, 3.8) is 0 Å². The summed E-state index contributed by atoms with van der Waals surface area (Å²) in [5, 5.41) is 2.43. The van der Waals surface area contributed by atoms with Crippen molar-refractivity contribution in [2.75, 3.05) is 26.3 Å². The number of hydrogen-bond donors (Lipinski definition) is 3. The largest absolute Gasteiger partial charge is 0.381 e. The van der Waals surface area contributed by atoms with E-state index in [0.29, 0.717) is 42.2 Å². The van der Waals surface area contributed by atoms with Gasteiger partial charge in [0.25, 0.3) is 0 Å². The number of hydrogen-bond acceptors (Lipinski definition) is 6. The average molecular weight is 338 g/mol. The first-order valence-electron chi connectivity index (χ1n) is 9.95. The van der Waals surface area contributed by atoms with Crippen molar-refractivity contribution in [1.82, 2.24) is 21.3 Å². The van der Waals surface area contributed by atoms with E-state index in [2.05, 4.69) is 35.1 Å². The van der Waals surface area contributed by atoms with Gasteiger partial charge in [-0.3, -0.25) is 16.3 Å². The number of hydrazine groups is 2. The summed E-state index contributed by atoms with van der Waals surface area (Å²) in [4.78, 5) is 0. The zero-order chi connectivity index (χ0) is 16.5. The maximum atomic E-state index is 6.36. The Morgan fingerprint density at radius 2 is 1.88 bits per heavy atom. The molecule has 6 nitrogen and oxygen atoms in total. The molecule has 0 aromatic carbocycles. The van der Waals surface area contributed by atoms with Gasteiger partial charge in [-0.15, -0.1) is 0 Å². The highest BCUT2D eigenvalue weighted by atomic mass is 16.5. The Morgan fingerprint density at radius 3 is 2.79 bits per heavy atom. The summed E-state index contributed by atoms with van der Waals surface area (Å²) in [6.45, 7) is 8.38. The van der Waals surface area contributed by atoms with E-state index in [9.17, 15) is 0 Å². The average Bonchev–Trinajstić information content (AvgIpc) is 3.19. The van der Waals surface area contributed by atoms with Crippen LogP contribution in [0.25, 0.3) is 0 Å². The third-order valence-electron chi connectivity index (χ3n) is 6.55. The molecule has 0 aromatic rings. The zero-order valence-electron chi connectivity index (χ0n) is 15.2. The number of fused-ring (bicyclic) bond motifs is 4. The first kappa shape index (κ1) is 17.2. The third kappa shape index (κ3) is 3.64. The van der Waals surface area contributed by atoms with Crippen LogP contribution in [-0.2, 0) is 9.47 Å². The quantitative estimate of drug-likeness (QED) is 0.614. The van der Waals surface area contributed by atoms with Crippen LogP contribution < -0.4 is 16.3 Å². The van der Waals surface area contributed by atoms with Crippen LogP contribution in [0.4, 0.5) is 0 Å². The van der Waals surface area contributed by atoms with Gasteiger partial charge in [-0.25, -0.2) is 5.01 Å². The first-order valence-corrected chi connectivity index (χ1v) is 9.95. The van der Waals surface area contributed by atoms with Gasteiger partial charge in [-0.1, -0.05) is 0 Å². The van der Waals surface area contributed by atoms with Gasteiger partial charge in [0.15, 0.2) is 0 Å². The Bertz CT molecular complexity index is 424. The molecule has 6 heteroatoms. The second-order valence-corrected chi connectivity index (χ2v) is 8.28. The molecule has 3 aliphatic heterocycles. The van der Waals surface area contributed by atoms with Crippen LogP contribution in [0.3, 0.4) is 0 Å². The van der Waals surface area contributed by atoms with Gasteiger partial charge in [-0.2, -0.15) is 0 Å². The van der Waals surface area contributed by atoms with Crippen molar-refractivity contribution >= 4 is 0 Å². The standard InChI is InChI=1S/C18H34N4O2/c1-12-5-7-23-8-6-13(2)24-15-3-4-17-16(9-15)18(21-20-17)14-10-19-22(12)11-14/h12-21H,3-11H2,1-2H3/t12-,13+,14?,15?,16?,17?,18?/m0/s1. The maximum Gasteiger partial charge on any atom is 0.0583 e. The predicted octanol–water partition coefficient (Wildman–Crippen LogP) is 1.04. The van der Waals surface area contributed by atoms with E-state index in [1.54, 1.807) is 0 Å². The Kier molecular flexibility index (Phi) is 5.41. The van der Waals surface area contributed by atoms with Gasteiger partial charge in [0.2, 0.25) is 0 Å². The second kappa shape index (κ2) is 7.56. The molecule has 8 atom stereocenters. The minimum absolute atomic E-state index is 0.303. The van der Waals surface area contributed by atoms with Crippen LogP contribution in [0.15, 0.2) is 0 Å². The van der Waals surface area contributed by atoms with E-state index in [-0.39, 0.29) is 0 Å². The summed E-state index contributed by atoms with van der Waals surface area (Å²) in [7, 11) is 0. The number of rotatable bonds is 0. The molecule has 0 spiro atoms. The minimum Gasteiger partial charge on any atom is -0.381 e. The van der Waals surface area contributed by atoms with Crippen LogP contribution in [-0.4, -0.2) is 61.6 Å². The van der Waals surface area contributed by atoms with E-state index in [1.807, 2.05) is 0 Å². The molecular formula is C18H34N4O2. The molecule has 138 valence electrons. The molecule has 0 amide bonds. The van der Waals surface area contributed by atoms with Crippen LogP contribution in [0.1, 0.15) is 46.0 Å². The summed E-state index contributed by atoms with van der Waals surface area (Å²) in [5.74, 6) is 1.36. The van der Waals surface area contributed by atoms with Crippen molar-refractivity contribution in [3.05, 3.63) is 0 Å². The molecule has 1 saturated carbocycles. The Labute approximate surface area is 145 Å². The van der Waals surface area contributed by atoms with E-state index in [0.717, 1.165) is 39.1 Å². The number of nitrogens with one attached hydrogen (secondary N) is 3. The molecule has 24 heavy (non-hydrogen) atoms. The fourth-order valence-corrected chi connectivity index (χ4v) is 4.99. The molecule has 1 aliphatic carbocycles. The monoisotopic (exact) mass is 338 g/mol. The molecule has 0 radical (unpaired) electrons. The molecular weight excluding hydrogens is 304 g/mol. The van der Waals surface area contributed by atoms with Gasteiger partial charge in [0, 0.05) is 50.3 Å². The second-order valence-electron chi connectivity index (χ2n) is 8.28. The van der Waals surface area contributed by atoms with Gasteiger partial charge in [0.1, 0.15) is 0 Å². The van der Waals surface area contributed by atoms with Crippen LogP contribution in [0, 0.1) is 11.8 Å². The first-order chi connectivity index (χ1) is 11.7. The smallest absolute Gasteiger partial charge is 0.0583 e. The summed E-state index contributed by atoms with van der Waals surface area (Å²) < 4.78 is 12.2. The van der Waals surface area contributed by atoms with Gasteiger partial charge < -0.3 is 9.47 Å².